The van der Waals surface area contributed by atoms with Crippen LogP contribution in [0, 0.1) is 10.1 Å². The van der Waals surface area contributed by atoms with Gasteiger partial charge in [0.1, 0.15) is 0 Å². The van der Waals surface area contributed by atoms with Crippen LogP contribution in [-0.4, -0.2) is 16.9 Å². The summed E-state index contributed by atoms with van der Waals surface area (Å²) in [5.74, 6) is 0. The van der Waals surface area contributed by atoms with E-state index in [1.54, 1.807) is 12.1 Å². The van der Waals surface area contributed by atoms with Crippen LogP contribution in [0.15, 0.2) is 48.5 Å². The molecule has 1 aliphatic rings. The van der Waals surface area contributed by atoms with Gasteiger partial charge in [-0.05, 0) is 43.0 Å². The van der Waals surface area contributed by atoms with E-state index >= 15 is 0 Å². The van der Waals surface area contributed by atoms with Crippen LogP contribution in [0.3, 0.4) is 0 Å². The summed E-state index contributed by atoms with van der Waals surface area (Å²) in [5, 5.41) is 10.7. The molecule has 1 aliphatic carbocycles. The molecule has 0 aromatic heterocycles. The molecule has 0 aliphatic heterocycles. The summed E-state index contributed by atoms with van der Waals surface area (Å²) in [4.78, 5) is 12.7. The van der Waals surface area contributed by atoms with E-state index in [2.05, 4.69) is 36.2 Å². The zero-order chi connectivity index (χ0) is 15.5. The van der Waals surface area contributed by atoms with Crippen LogP contribution >= 0.6 is 0 Å². The maximum absolute atomic E-state index is 10.7. The molecule has 0 unspecified atom stereocenters. The maximum Gasteiger partial charge on any atom is 0.269 e. The van der Waals surface area contributed by atoms with Crippen LogP contribution in [0.1, 0.15) is 35.6 Å². The van der Waals surface area contributed by atoms with Gasteiger partial charge >= 0.3 is 0 Å². The van der Waals surface area contributed by atoms with Crippen LogP contribution in [0.2, 0.25) is 0 Å². The zero-order valence-corrected chi connectivity index (χ0v) is 12.7. The van der Waals surface area contributed by atoms with Gasteiger partial charge in [-0.15, -0.1) is 0 Å². The molecule has 1 atom stereocenters. The van der Waals surface area contributed by atoms with E-state index in [0.717, 1.165) is 18.5 Å². The number of aryl methyl sites for hydroxylation is 1. The lowest BCUT2D eigenvalue weighted by Gasteiger charge is -2.33. The van der Waals surface area contributed by atoms with Crippen LogP contribution in [0.4, 0.5) is 5.69 Å². The summed E-state index contributed by atoms with van der Waals surface area (Å²) in [5.41, 5.74) is 4.14. The van der Waals surface area contributed by atoms with Crippen molar-refractivity contribution in [1.82, 2.24) is 4.90 Å². The minimum Gasteiger partial charge on any atom is -0.295 e. The molecule has 0 spiro atoms. The second-order valence-electron chi connectivity index (χ2n) is 5.95. The average molecular weight is 296 g/mol. The Kier molecular flexibility index (Phi) is 4.20. The number of rotatable bonds is 4. The Morgan fingerprint density at radius 3 is 2.64 bits per heavy atom. The first-order valence-electron chi connectivity index (χ1n) is 7.66. The molecule has 0 radical (unpaired) electrons. The Balaban J connectivity index is 1.75. The number of hydrogen-bond acceptors (Lipinski definition) is 3. The van der Waals surface area contributed by atoms with Gasteiger partial charge in [-0.25, -0.2) is 0 Å². The molecular weight excluding hydrogens is 276 g/mol. The summed E-state index contributed by atoms with van der Waals surface area (Å²) in [7, 11) is 2.13. The van der Waals surface area contributed by atoms with Crippen molar-refractivity contribution >= 4 is 5.69 Å². The Bertz CT molecular complexity index is 667. The topological polar surface area (TPSA) is 46.4 Å². The maximum atomic E-state index is 10.7. The summed E-state index contributed by atoms with van der Waals surface area (Å²) < 4.78 is 0. The SMILES string of the molecule is CN(Cc1ccc([N+](=O)[O-])cc1)[C@@H]1CCCc2ccccc21. The highest BCUT2D eigenvalue weighted by molar-refractivity contribution is 5.34. The van der Waals surface area contributed by atoms with Crippen LogP contribution in [0.25, 0.3) is 0 Å². The van der Waals surface area contributed by atoms with Crippen molar-refractivity contribution in [3.05, 3.63) is 75.3 Å². The molecule has 2 aromatic carbocycles. The van der Waals surface area contributed by atoms with Crippen molar-refractivity contribution in [3.63, 3.8) is 0 Å². The van der Waals surface area contributed by atoms with E-state index in [1.165, 1.54) is 24.0 Å². The molecule has 3 rings (SSSR count). The number of nitro benzene ring substituents is 1. The van der Waals surface area contributed by atoms with Crippen molar-refractivity contribution in [1.29, 1.82) is 0 Å². The average Bonchev–Trinajstić information content (AvgIpc) is 2.54. The van der Waals surface area contributed by atoms with Crippen LogP contribution < -0.4 is 0 Å². The van der Waals surface area contributed by atoms with E-state index in [4.69, 9.17) is 0 Å². The highest BCUT2D eigenvalue weighted by Gasteiger charge is 2.23. The van der Waals surface area contributed by atoms with Gasteiger partial charge in [0.15, 0.2) is 0 Å². The molecular formula is C18H20N2O2. The van der Waals surface area contributed by atoms with Gasteiger partial charge in [-0.3, -0.25) is 15.0 Å². The first kappa shape index (κ1) is 14.7. The second-order valence-corrected chi connectivity index (χ2v) is 5.95. The second kappa shape index (κ2) is 6.28. The lowest BCUT2D eigenvalue weighted by molar-refractivity contribution is -0.384. The molecule has 4 heteroatoms. The van der Waals surface area contributed by atoms with Crippen molar-refractivity contribution < 1.29 is 4.92 Å². The molecule has 0 saturated heterocycles. The Morgan fingerprint density at radius 1 is 1.18 bits per heavy atom. The van der Waals surface area contributed by atoms with E-state index in [0.29, 0.717) is 6.04 Å². The van der Waals surface area contributed by atoms with Crippen molar-refractivity contribution in [2.75, 3.05) is 7.05 Å². The predicted molar refractivity (Wildman–Crippen MR) is 86.7 cm³/mol. The molecule has 0 bridgehead atoms. The third-order valence-electron chi connectivity index (χ3n) is 4.45. The fourth-order valence-corrected chi connectivity index (χ4v) is 3.31. The van der Waals surface area contributed by atoms with Crippen molar-refractivity contribution in [2.45, 2.75) is 31.8 Å². The third kappa shape index (κ3) is 3.02. The first-order chi connectivity index (χ1) is 10.6. The Morgan fingerprint density at radius 2 is 1.91 bits per heavy atom. The fraction of sp³-hybridized carbons (Fsp3) is 0.333. The molecule has 114 valence electrons. The highest BCUT2D eigenvalue weighted by Crippen LogP contribution is 2.34. The van der Waals surface area contributed by atoms with E-state index in [1.807, 2.05) is 12.1 Å². The Hall–Kier alpha value is -2.20. The Labute approximate surface area is 130 Å². The number of fused-ring (bicyclic) bond motifs is 1. The smallest absolute Gasteiger partial charge is 0.269 e. The first-order valence-corrected chi connectivity index (χ1v) is 7.66. The normalized spacial score (nSPS) is 17.3. The van der Waals surface area contributed by atoms with E-state index < -0.39 is 0 Å². The number of nitro groups is 1. The molecule has 22 heavy (non-hydrogen) atoms. The van der Waals surface area contributed by atoms with Gasteiger partial charge in [0.2, 0.25) is 0 Å². The summed E-state index contributed by atoms with van der Waals surface area (Å²) >= 11 is 0. The third-order valence-corrected chi connectivity index (χ3v) is 4.45. The fourth-order valence-electron chi connectivity index (χ4n) is 3.31. The van der Waals surface area contributed by atoms with Crippen LogP contribution in [0.5, 0.6) is 0 Å². The summed E-state index contributed by atoms with van der Waals surface area (Å²) in [6.07, 6.45) is 3.55. The van der Waals surface area contributed by atoms with Crippen molar-refractivity contribution in [2.24, 2.45) is 0 Å². The number of non-ortho nitro benzene ring substituents is 1. The quantitative estimate of drug-likeness (QED) is 0.630. The lowest BCUT2D eigenvalue weighted by Crippen LogP contribution is -2.27. The molecule has 0 amide bonds. The van der Waals surface area contributed by atoms with Gasteiger partial charge in [0.05, 0.1) is 4.92 Å². The molecule has 0 heterocycles. The predicted octanol–water partition coefficient (Wildman–Crippen LogP) is 4.10. The number of nitrogens with zero attached hydrogens (tertiary/aromatic N) is 2. The van der Waals surface area contributed by atoms with Crippen molar-refractivity contribution in [3.8, 4) is 0 Å². The molecule has 0 N–H and O–H groups in total. The van der Waals surface area contributed by atoms with Gasteiger partial charge in [-0.2, -0.15) is 0 Å². The molecule has 2 aromatic rings. The van der Waals surface area contributed by atoms with E-state index in [-0.39, 0.29) is 10.6 Å². The van der Waals surface area contributed by atoms with Gasteiger partial charge in [0, 0.05) is 24.7 Å². The monoisotopic (exact) mass is 296 g/mol. The standard InChI is InChI=1S/C18H20N2O2/c1-19(13-14-9-11-16(12-10-14)20(21)22)18-8-4-6-15-5-2-3-7-17(15)18/h2-3,5,7,9-12,18H,4,6,8,13H2,1H3/t18-/m1/s1. The van der Waals surface area contributed by atoms with Crippen LogP contribution in [-0.2, 0) is 13.0 Å². The zero-order valence-electron chi connectivity index (χ0n) is 12.7. The summed E-state index contributed by atoms with van der Waals surface area (Å²) in [6, 6.07) is 16.0. The minimum absolute atomic E-state index is 0.148. The van der Waals surface area contributed by atoms with Gasteiger partial charge in [0.25, 0.3) is 5.69 Å². The highest BCUT2D eigenvalue weighted by atomic mass is 16.6. The minimum atomic E-state index is -0.356. The number of hydrogen-bond donors (Lipinski definition) is 0. The van der Waals surface area contributed by atoms with Gasteiger partial charge < -0.3 is 0 Å². The molecule has 4 nitrogen and oxygen atoms in total. The number of benzene rings is 2. The lowest BCUT2D eigenvalue weighted by atomic mass is 9.87. The van der Waals surface area contributed by atoms with E-state index in [9.17, 15) is 10.1 Å². The molecule has 0 fully saturated rings. The summed E-state index contributed by atoms with van der Waals surface area (Å²) in [6.45, 7) is 0.803. The largest absolute Gasteiger partial charge is 0.295 e. The molecule has 0 saturated carbocycles. The van der Waals surface area contributed by atoms with Gasteiger partial charge in [-0.1, -0.05) is 36.4 Å².